The quantitative estimate of drug-likeness (QED) is 0.465. The van der Waals surface area contributed by atoms with E-state index in [-0.39, 0.29) is 5.78 Å². The number of ether oxygens (including phenoxy) is 1. The molecular weight excluding hydrogens is 374 g/mol. The van der Waals surface area contributed by atoms with Crippen molar-refractivity contribution in [3.05, 3.63) is 82.4 Å². The van der Waals surface area contributed by atoms with Gasteiger partial charge in [-0.15, -0.1) is 10.2 Å². The van der Waals surface area contributed by atoms with Crippen LogP contribution < -0.4 is 4.74 Å². The van der Waals surface area contributed by atoms with Crippen molar-refractivity contribution >= 4 is 28.4 Å². The number of rotatable bonds is 4. The molecule has 0 aliphatic carbocycles. The molecular formula is C22H16ClN3O2. The van der Waals surface area contributed by atoms with Crippen LogP contribution in [-0.2, 0) is 0 Å². The number of benzene rings is 3. The standard InChI is InChI=1S/C22H16ClN3O2/c1-13-3-10-19-20(11-13)25-26-22(24-19)17-9-8-16(28-2)12-18(17)21(27)14-4-6-15(23)7-5-14/h3-12H,1-2H3. The minimum absolute atomic E-state index is 0.168. The Kier molecular flexibility index (Phi) is 4.75. The fraction of sp³-hybridized carbons (Fsp3) is 0.0909. The zero-order valence-corrected chi connectivity index (χ0v) is 16.1. The lowest BCUT2D eigenvalue weighted by atomic mass is 9.97. The summed E-state index contributed by atoms with van der Waals surface area (Å²) in [7, 11) is 1.56. The molecule has 0 amide bonds. The van der Waals surface area contributed by atoms with E-state index in [9.17, 15) is 4.79 Å². The smallest absolute Gasteiger partial charge is 0.193 e. The number of nitrogens with zero attached hydrogens (tertiary/aromatic N) is 3. The van der Waals surface area contributed by atoms with Gasteiger partial charge in [0.2, 0.25) is 0 Å². The van der Waals surface area contributed by atoms with Crippen LogP contribution in [0.1, 0.15) is 21.5 Å². The minimum atomic E-state index is -0.168. The molecule has 0 N–H and O–H groups in total. The Bertz CT molecular complexity index is 1190. The predicted molar refractivity (Wildman–Crippen MR) is 109 cm³/mol. The molecule has 0 aliphatic heterocycles. The van der Waals surface area contributed by atoms with E-state index in [1.54, 1.807) is 49.6 Å². The molecule has 4 aromatic rings. The number of carbonyl (C=O) groups excluding carboxylic acids is 1. The van der Waals surface area contributed by atoms with Gasteiger partial charge in [0.25, 0.3) is 0 Å². The fourth-order valence-electron chi connectivity index (χ4n) is 2.95. The largest absolute Gasteiger partial charge is 0.497 e. The lowest BCUT2D eigenvalue weighted by molar-refractivity contribution is 0.103. The van der Waals surface area contributed by atoms with Crippen molar-refractivity contribution in [2.75, 3.05) is 7.11 Å². The van der Waals surface area contributed by atoms with Crippen molar-refractivity contribution in [3.8, 4) is 17.1 Å². The van der Waals surface area contributed by atoms with E-state index in [4.69, 9.17) is 16.3 Å². The van der Waals surface area contributed by atoms with E-state index in [1.165, 1.54) is 0 Å². The Morgan fingerprint density at radius 2 is 1.71 bits per heavy atom. The topological polar surface area (TPSA) is 65.0 Å². The lowest BCUT2D eigenvalue weighted by Gasteiger charge is -2.10. The fourth-order valence-corrected chi connectivity index (χ4v) is 3.08. The number of hydrogen-bond donors (Lipinski definition) is 0. The highest BCUT2D eigenvalue weighted by molar-refractivity contribution is 6.30. The van der Waals surface area contributed by atoms with Gasteiger partial charge < -0.3 is 4.74 Å². The summed E-state index contributed by atoms with van der Waals surface area (Å²) in [6, 6.07) is 17.8. The van der Waals surface area contributed by atoms with Gasteiger partial charge in [-0.1, -0.05) is 17.7 Å². The van der Waals surface area contributed by atoms with Crippen molar-refractivity contribution in [1.29, 1.82) is 0 Å². The molecule has 0 spiro atoms. The zero-order chi connectivity index (χ0) is 19.7. The number of methoxy groups -OCH3 is 1. The molecule has 1 aromatic heterocycles. The van der Waals surface area contributed by atoms with E-state index in [2.05, 4.69) is 15.2 Å². The first-order valence-electron chi connectivity index (χ1n) is 8.65. The Morgan fingerprint density at radius 1 is 0.929 bits per heavy atom. The molecule has 6 heteroatoms. The van der Waals surface area contributed by atoms with E-state index in [0.717, 1.165) is 11.1 Å². The summed E-state index contributed by atoms with van der Waals surface area (Å²) in [6.07, 6.45) is 0. The first-order valence-corrected chi connectivity index (χ1v) is 9.03. The van der Waals surface area contributed by atoms with Crippen LogP contribution in [0.2, 0.25) is 5.02 Å². The van der Waals surface area contributed by atoms with Gasteiger partial charge in [0.1, 0.15) is 11.3 Å². The molecule has 0 fully saturated rings. The molecule has 28 heavy (non-hydrogen) atoms. The van der Waals surface area contributed by atoms with Crippen molar-refractivity contribution in [1.82, 2.24) is 15.2 Å². The number of aromatic nitrogens is 3. The third-order valence-corrected chi connectivity index (χ3v) is 4.68. The summed E-state index contributed by atoms with van der Waals surface area (Å²) in [5, 5.41) is 9.09. The first kappa shape index (κ1) is 18.1. The maximum absolute atomic E-state index is 13.2. The SMILES string of the molecule is COc1ccc(-c2nnc3cc(C)ccc3n2)c(C(=O)c2ccc(Cl)cc2)c1. The van der Waals surface area contributed by atoms with Crippen LogP contribution >= 0.6 is 11.6 Å². The van der Waals surface area contributed by atoms with Crippen molar-refractivity contribution < 1.29 is 9.53 Å². The number of hydrogen-bond acceptors (Lipinski definition) is 5. The maximum Gasteiger partial charge on any atom is 0.193 e. The molecule has 4 rings (SSSR count). The van der Waals surface area contributed by atoms with Gasteiger partial charge in [-0.2, -0.15) is 0 Å². The van der Waals surface area contributed by atoms with E-state index >= 15 is 0 Å². The van der Waals surface area contributed by atoms with E-state index in [1.807, 2.05) is 25.1 Å². The molecule has 0 saturated heterocycles. The van der Waals surface area contributed by atoms with Gasteiger partial charge in [0.15, 0.2) is 11.6 Å². The summed E-state index contributed by atoms with van der Waals surface area (Å²) in [5.41, 5.74) is 4.06. The van der Waals surface area contributed by atoms with Gasteiger partial charge in [0, 0.05) is 21.7 Å². The summed E-state index contributed by atoms with van der Waals surface area (Å²) < 4.78 is 5.30. The number of fused-ring (bicyclic) bond motifs is 1. The molecule has 3 aromatic carbocycles. The Morgan fingerprint density at radius 3 is 2.46 bits per heavy atom. The summed E-state index contributed by atoms with van der Waals surface area (Å²) >= 11 is 5.94. The molecule has 0 saturated carbocycles. The molecule has 0 unspecified atom stereocenters. The normalized spacial score (nSPS) is 10.8. The van der Waals surface area contributed by atoms with E-state index < -0.39 is 0 Å². The molecule has 0 atom stereocenters. The second-order valence-corrected chi connectivity index (χ2v) is 6.81. The summed E-state index contributed by atoms with van der Waals surface area (Å²) in [5.74, 6) is 0.792. The average Bonchev–Trinajstić information content (AvgIpc) is 2.73. The van der Waals surface area contributed by atoms with Crippen LogP contribution in [0.3, 0.4) is 0 Å². The van der Waals surface area contributed by atoms with E-state index in [0.29, 0.717) is 38.8 Å². The Hall–Kier alpha value is -3.31. The van der Waals surface area contributed by atoms with Gasteiger partial charge in [-0.25, -0.2) is 4.98 Å². The van der Waals surface area contributed by atoms with Crippen molar-refractivity contribution in [3.63, 3.8) is 0 Å². The molecule has 0 bridgehead atoms. The van der Waals surface area contributed by atoms with Gasteiger partial charge in [-0.3, -0.25) is 4.79 Å². The van der Waals surface area contributed by atoms with Crippen LogP contribution in [0.4, 0.5) is 0 Å². The first-order chi connectivity index (χ1) is 13.5. The van der Waals surface area contributed by atoms with Crippen LogP contribution in [-0.4, -0.2) is 28.1 Å². The molecule has 0 aliphatic rings. The number of carbonyl (C=O) groups is 1. The van der Waals surface area contributed by atoms with Gasteiger partial charge in [0.05, 0.1) is 12.6 Å². The monoisotopic (exact) mass is 389 g/mol. The van der Waals surface area contributed by atoms with Gasteiger partial charge in [-0.05, 0) is 67.1 Å². The second-order valence-electron chi connectivity index (χ2n) is 6.38. The number of ketones is 1. The van der Waals surface area contributed by atoms with Crippen LogP contribution in [0, 0.1) is 6.92 Å². The second kappa shape index (κ2) is 7.37. The van der Waals surface area contributed by atoms with Crippen molar-refractivity contribution in [2.45, 2.75) is 6.92 Å². The Balaban J connectivity index is 1.86. The minimum Gasteiger partial charge on any atom is -0.497 e. The lowest BCUT2D eigenvalue weighted by Crippen LogP contribution is -2.06. The Labute approximate surface area is 167 Å². The summed E-state index contributed by atoms with van der Waals surface area (Å²) in [6.45, 7) is 1.99. The zero-order valence-electron chi connectivity index (χ0n) is 15.3. The number of aryl methyl sites for hydroxylation is 1. The number of halogens is 1. The third kappa shape index (κ3) is 3.44. The molecule has 1 heterocycles. The van der Waals surface area contributed by atoms with Crippen LogP contribution in [0.15, 0.2) is 60.7 Å². The average molecular weight is 390 g/mol. The molecule has 0 radical (unpaired) electrons. The highest BCUT2D eigenvalue weighted by atomic mass is 35.5. The molecule has 5 nitrogen and oxygen atoms in total. The summed E-state index contributed by atoms with van der Waals surface area (Å²) in [4.78, 5) is 17.8. The highest BCUT2D eigenvalue weighted by Crippen LogP contribution is 2.28. The van der Waals surface area contributed by atoms with Crippen molar-refractivity contribution in [2.24, 2.45) is 0 Å². The maximum atomic E-state index is 13.2. The van der Waals surface area contributed by atoms with Crippen LogP contribution in [0.25, 0.3) is 22.4 Å². The van der Waals surface area contributed by atoms with Crippen LogP contribution in [0.5, 0.6) is 5.75 Å². The van der Waals surface area contributed by atoms with Gasteiger partial charge >= 0.3 is 0 Å². The third-order valence-electron chi connectivity index (χ3n) is 4.43. The highest BCUT2D eigenvalue weighted by Gasteiger charge is 2.18. The predicted octanol–water partition coefficient (Wildman–Crippen LogP) is 4.89. The molecule has 138 valence electrons.